The van der Waals surface area contributed by atoms with Crippen LogP contribution >= 0.6 is 0 Å². The number of aliphatic hydroxyl groups is 1. The van der Waals surface area contributed by atoms with E-state index in [0.29, 0.717) is 6.04 Å². The fourth-order valence-corrected chi connectivity index (χ4v) is 3.28. The number of aliphatic hydroxyl groups excluding tert-OH is 1. The Morgan fingerprint density at radius 3 is 3.05 bits per heavy atom. The Kier molecular flexibility index (Phi) is 3.58. The molecule has 1 saturated heterocycles. The van der Waals surface area contributed by atoms with E-state index in [2.05, 4.69) is 24.0 Å². The molecule has 0 bridgehead atoms. The standard InChI is InChI=1S/C16H22N2O/c1-12-6-4-5-9-18(12)11-16(19)14-10-17-15-8-3-2-7-13(14)15/h2-3,7-8,10,12,16-17,19H,4-6,9,11H2,1H3/p+1/t12-,16+/m1/s1. The zero-order valence-electron chi connectivity index (χ0n) is 11.5. The van der Waals surface area contributed by atoms with Crippen molar-refractivity contribution in [3.63, 3.8) is 0 Å². The van der Waals surface area contributed by atoms with Crippen LogP contribution in [0.15, 0.2) is 30.5 Å². The lowest BCUT2D eigenvalue weighted by molar-refractivity contribution is -0.932. The minimum Gasteiger partial charge on any atom is -0.382 e. The maximum atomic E-state index is 10.5. The Hall–Kier alpha value is -1.32. The second kappa shape index (κ2) is 5.35. The van der Waals surface area contributed by atoms with E-state index in [-0.39, 0.29) is 6.10 Å². The first kappa shape index (κ1) is 12.7. The molecule has 3 rings (SSSR count). The molecule has 0 amide bonds. The molecule has 3 heteroatoms. The molecule has 19 heavy (non-hydrogen) atoms. The quantitative estimate of drug-likeness (QED) is 0.771. The molecule has 2 aromatic rings. The van der Waals surface area contributed by atoms with Crippen molar-refractivity contribution in [3.8, 4) is 0 Å². The summed E-state index contributed by atoms with van der Waals surface area (Å²) in [5.41, 5.74) is 2.15. The summed E-state index contributed by atoms with van der Waals surface area (Å²) in [7, 11) is 0. The van der Waals surface area contributed by atoms with Gasteiger partial charge in [-0.2, -0.15) is 0 Å². The van der Waals surface area contributed by atoms with Crippen LogP contribution in [0.25, 0.3) is 10.9 Å². The molecule has 1 aliphatic rings. The van der Waals surface area contributed by atoms with Gasteiger partial charge in [-0.3, -0.25) is 0 Å². The van der Waals surface area contributed by atoms with Crippen molar-refractivity contribution < 1.29 is 10.0 Å². The van der Waals surface area contributed by atoms with Crippen LogP contribution in [-0.2, 0) is 0 Å². The average Bonchev–Trinajstić information content (AvgIpc) is 2.85. The van der Waals surface area contributed by atoms with Crippen LogP contribution in [0.5, 0.6) is 0 Å². The molecule has 2 heterocycles. The van der Waals surface area contributed by atoms with Crippen molar-refractivity contribution in [2.75, 3.05) is 13.1 Å². The highest BCUT2D eigenvalue weighted by atomic mass is 16.3. The molecule has 0 radical (unpaired) electrons. The molecule has 1 aromatic carbocycles. The zero-order valence-corrected chi connectivity index (χ0v) is 11.5. The van der Waals surface area contributed by atoms with Crippen molar-refractivity contribution in [3.05, 3.63) is 36.0 Å². The Labute approximate surface area is 114 Å². The molecule has 0 spiro atoms. The first-order valence-electron chi connectivity index (χ1n) is 7.34. The summed E-state index contributed by atoms with van der Waals surface area (Å²) in [6.07, 6.45) is 5.51. The first-order valence-corrected chi connectivity index (χ1v) is 7.34. The van der Waals surface area contributed by atoms with Crippen molar-refractivity contribution in [2.45, 2.75) is 38.3 Å². The number of aromatic amines is 1. The molecule has 3 N–H and O–H groups in total. The maximum absolute atomic E-state index is 10.5. The smallest absolute Gasteiger partial charge is 0.130 e. The number of para-hydroxylation sites is 1. The van der Waals surface area contributed by atoms with Crippen molar-refractivity contribution in [2.24, 2.45) is 0 Å². The molecule has 3 nitrogen and oxygen atoms in total. The van der Waals surface area contributed by atoms with Gasteiger partial charge in [-0.05, 0) is 32.3 Å². The Morgan fingerprint density at radius 2 is 2.21 bits per heavy atom. The normalized spacial score (nSPS) is 25.6. The van der Waals surface area contributed by atoms with Crippen molar-refractivity contribution >= 4 is 10.9 Å². The van der Waals surface area contributed by atoms with Crippen LogP contribution in [0, 0.1) is 0 Å². The topological polar surface area (TPSA) is 40.5 Å². The number of benzene rings is 1. The number of quaternary nitrogens is 1. The van der Waals surface area contributed by atoms with Crippen LogP contribution in [0.2, 0.25) is 0 Å². The van der Waals surface area contributed by atoms with Crippen LogP contribution in [0.4, 0.5) is 0 Å². The number of likely N-dealkylation sites (tertiary alicyclic amines) is 1. The highest BCUT2D eigenvalue weighted by Gasteiger charge is 2.26. The third kappa shape index (κ3) is 2.53. The minimum atomic E-state index is -0.369. The molecule has 0 aliphatic carbocycles. The van der Waals surface area contributed by atoms with Gasteiger partial charge in [-0.15, -0.1) is 0 Å². The fraction of sp³-hybridized carbons (Fsp3) is 0.500. The molecular formula is C16H23N2O+. The van der Waals surface area contributed by atoms with Crippen LogP contribution in [-0.4, -0.2) is 29.2 Å². The summed E-state index contributed by atoms with van der Waals surface area (Å²) in [6, 6.07) is 8.87. The number of rotatable bonds is 3. The molecule has 0 saturated carbocycles. The van der Waals surface area contributed by atoms with Gasteiger partial charge < -0.3 is 15.0 Å². The first-order chi connectivity index (χ1) is 9.25. The number of aromatic nitrogens is 1. The Balaban J connectivity index is 1.78. The highest BCUT2D eigenvalue weighted by molar-refractivity contribution is 5.83. The third-order valence-electron chi connectivity index (χ3n) is 4.52. The van der Waals surface area contributed by atoms with Crippen LogP contribution in [0.3, 0.4) is 0 Å². The van der Waals surface area contributed by atoms with E-state index < -0.39 is 0 Å². The largest absolute Gasteiger partial charge is 0.382 e. The minimum absolute atomic E-state index is 0.369. The fourth-order valence-electron chi connectivity index (χ4n) is 3.28. The van der Waals surface area contributed by atoms with Gasteiger partial charge in [0.1, 0.15) is 12.6 Å². The van der Waals surface area contributed by atoms with E-state index in [9.17, 15) is 5.11 Å². The second-order valence-electron chi connectivity index (χ2n) is 5.81. The van der Waals surface area contributed by atoms with E-state index in [4.69, 9.17) is 0 Å². The molecule has 1 aliphatic heterocycles. The maximum Gasteiger partial charge on any atom is 0.130 e. The number of H-pyrrole nitrogens is 1. The lowest BCUT2D eigenvalue weighted by atomic mass is 10.0. The Bertz CT molecular complexity index is 548. The summed E-state index contributed by atoms with van der Waals surface area (Å²) < 4.78 is 0. The number of fused-ring (bicyclic) bond motifs is 1. The van der Waals surface area contributed by atoms with Gasteiger partial charge in [-0.25, -0.2) is 0 Å². The van der Waals surface area contributed by atoms with Gasteiger partial charge in [0.15, 0.2) is 0 Å². The van der Waals surface area contributed by atoms with Crippen molar-refractivity contribution in [1.29, 1.82) is 0 Å². The molecule has 1 fully saturated rings. The van der Waals surface area contributed by atoms with Gasteiger partial charge in [0.25, 0.3) is 0 Å². The van der Waals surface area contributed by atoms with Gasteiger partial charge >= 0.3 is 0 Å². The zero-order chi connectivity index (χ0) is 13.2. The van der Waals surface area contributed by atoms with Gasteiger partial charge in [-0.1, -0.05) is 18.2 Å². The molecule has 1 aromatic heterocycles. The summed E-state index contributed by atoms with van der Waals surface area (Å²) in [5, 5.41) is 11.7. The van der Waals surface area contributed by atoms with Crippen LogP contribution < -0.4 is 4.90 Å². The summed E-state index contributed by atoms with van der Waals surface area (Å²) in [4.78, 5) is 4.79. The molecule has 1 unspecified atom stereocenters. The predicted octanol–water partition coefficient (Wildman–Crippen LogP) is 1.66. The monoisotopic (exact) mass is 259 g/mol. The molecular weight excluding hydrogens is 236 g/mol. The van der Waals surface area contributed by atoms with E-state index in [0.717, 1.165) is 23.0 Å². The predicted molar refractivity (Wildman–Crippen MR) is 77.3 cm³/mol. The van der Waals surface area contributed by atoms with E-state index in [1.165, 1.54) is 25.8 Å². The van der Waals surface area contributed by atoms with Gasteiger partial charge in [0, 0.05) is 22.7 Å². The van der Waals surface area contributed by atoms with Crippen LogP contribution in [0.1, 0.15) is 37.9 Å². The van der Waals surface area contributed by atoms with E-state index in [1.807, 2.05) is 18.3 Å². The number of nitrogens with one attached hydrogen (secondary N) is 2. The molecule has 3 atom stereocenters. The molecule has 102 valence electrons. The van der Waals surface area contributed by atoms with E-state index in [1.54, 1.807) is 4.90 Å². The van der Waals surface area contributed by atoms with Gasteiger partial charge in [0.2, 0.25) is 0 Å². The number of piperidine rings is 1. The van der Waals surface area contributed by atoms with Crippen molar-refractivity contribution in [1.82, 2.24) is 4.98 Å². The summed E-state index contributed by atoms with van der Waals surface area (Å²) in [6.45, 7) is 4.32. The third-order valence-corrected chi connectivity index (χ3v) is 4.52. The lowest BCUT2D eigenvalue weighted by Crippen LogP contribution is -3.16. The number of hydrogen-bond donors (Lipinski definition) is 3. The summed E-state index contributed by atoms with van der Waals surface area (Å²) >= 11 is 0. The SMILES string of the molecule is C[C@@H]1CCCC[NH+]1C[C@H](O)c1c[nH]c2ccccc12. The van der Waals surface area contributed by atoms with Gasteiger partial charge in [0.05, 0.1) is 12.6 Å². The highest BCUT2D eigenvalue weighted by Crippen LogP contribution is 2.23. The second-order valence-corrected chi connectivity index (χ2v) is 5.81. The lowest BCUT2D eigenvalue weighted by Gasteiger charge is -2.31. The van der Waals surface area contributed by atoms with E-state index >= 15 is 0 Å². The summed E-state index contributed by atoms with van der Waals surface area (Å²) in [5.74, 6) is 0. The average molecular weight is 259 g/mol. The number of hydrogen-bond acceptors (Lipinski definition) is 1. The Morgan fingerprint density at radius 1 is 1.37 bits per heavy atom.